The molecule has 3 atom stereocenters. The molecule has 0 radical (unpaired) electrons. The molecule has 0 aliphatic heterocycles. The van der Waals surface area contributed by atoms with Crippen molar-refractivity contribution in [2.75, 3.05) is 12.4 Å². The van der Waals surface area contributed by atoms with Crippen LogP contribution >= 0.6 is 0 Å². The number of hydrogen-bond acceptors (Lipinski definition) is 3. The van der Waals surface area contributed by atoms with Crippen molar-refractivity contribution in [3.63, 3.8) is 0 Å². The second kappa shape index (κ2) is 5.39. The molecule has 1 heterocycles. The van der Waals surface area contributed by atoms with Gasteiger partial charge in [0.25, 0.3) is 0 Å². The van der Waals surface area contributed by atoms with Gasteiger partial charge in [0, 0.05) is 12.2 Å². The molecule has 1 aliphatic carbocycles. The molecule has 1 fully saturated rings. The van der Waals surface area contributed by atoms with E-state index >= 15 is 0 Å². The normalized spacial score (nSPS) is 28.8. The van der Waals surface area contributed by atoms with Gasteiger partial charge in [-0.1, -0.05) is 26.7 Å². The second-order valence-electron chi connectivity index (χ2n) is 5.08. The summed E-state index contributed by atoms with van der Waals surface area (Å²) in [5.41, 5.74) is 1.01. The van der Waals surface area contributed by atoms with Crippen molar-refractivity contribution in [1.82, 2.24) is 4.98 Å². The Hall–Kier alpha value is -1.25. The molecule has 0 saturated heterocycles. The monoisotopic (exact) mass is 234 g/mol. The maximum absolute atomic E-state index is 5.28. The van der Waals surface area contributed by atoms with E-state index in [9.17, 15) is 0 Å². The zero-order chi connectivity index (χ0) is 12.3. The highest BCUT2D eigenvalue weighted by Gasteiger charge is 2.27. The van der Waals surface area contributed by atoms with E-state index in [1.54, 1.807) is 13.3 Å². The Labute approximate surface area is 104 Å². The Bertz CT molecular complexity index is 367. The third-order valence-electron chi connectivity index (χ3n) is 4.01. The van der Waals surface area contributed by atoms with Gasteiger partial charge in [0.2, 0.25) is 5.88 Å². The zero-order valence-corrected chi connectivity index (χ0v) is 10.9. The molecule has 0 amide bonds. The topological polar surface area (TPSA) is 34.1 Å². The number of pyridine rings is 1. The molecule has 0 spiro atoms. The van der Waals surface area contributed by atoms with Crippen LogP contribution in [0.1, 0.15) is 33.1 Å². The van der Waals surface area contributed by atoms with Crippen LogP contribution in [0.25, 0.3) is 0 Å². The van der Waals surface area contributed by atoms with Gasteiger partial charge in [-0.15, -0.1) is 0 Å². The minimum absolute atomic E-state index is 0.539. The first-order chi connectivity index (χ1) is 8.22. The first-order valence-electron chi connectivity index (χ1n) is 6.48. The van der Waals surface area contributed by atoms with Crippen LogP contribution in [0.2, 0.25) is 0 Å². The Morgan fingerprint density at radius 1 is 1.35 bits per heavy atom. The van der Waals surface area contributed by atoms with Crippen molar-refractivity contribution >= 4 is 5.69 Å². The predicted molar refractivity (Wildman–Crippen MR) is 70.4 cm³/mol. The third-order valence-corrected chi connectivity index (χ3v) is 4.01. The molecule has 1 aromatic heterocycles. The van der Waals surface area contributed by atoms with Gasteiger partial charge >= 0.3 is 0 Å². The number of aromatic nitrogens is 1. The predicted octanol–water partition coefficient (Wildman–Crippen LogP) is 3.33. The van der Waals surface area contributed by atoms with Crippen molar-refractivity contribution in [1.29, 1.82) is 0 Å². The summed E-state index contributed by atoms with van der Waals surface area (Å²) >= 11 is 0. The van der Waals surface area contributed by atoms with Gasteiger partial charge in [-0.2, -0.15) is 0 Å². The first kappa shape index (κ1) is 12.2. The molecule has 94 valence electrons. The van der Waals surface area contributed by atoms with E-state index in [1.165, 1.54) is 19.3 Å². The molecule has 1 aliphatic rings. The lowest BCUT2D eigenvalue weighted by atomic mass is 9.78. The average molecular weight is 234 g/mol. The Morgan fingerprint density at radius 2 is 2.18 bits per heavy atom. The van der Waals surface area contributed by atoms with Crippen LogP contribution in [0.15, 0.2) is 18.3 Å². The van der Waals surface area contributed by atoms with Crippen LogP contribution in [0.5, 0.6) is 5.88 Å². The van der Waals surface area contributed by atoms with Gasteiger partial charge in [0.05, 0.1) is 12.8 Å². The van der Waals surface area contributed by atoms with Crippen molar-refractivity contribution < 1.29 is 4.74 Å². The lowest BCUT2D eigenvalue weighted by Crippen LogP contribution is -2.35. The number of hydrogen-bond donors (Lipinski definition) is 1. The highest BCUT2D eigenvalue weighted by molar-refractivity contribution is 5.52. The summed E-state index contributed by atoms with van der Waals surface area (Å²) in [6.45, 7) is 4.68. The smallest absolute Gasteiger partial charge is 0.237 e. The molecule has 3 nitrogen and oxygen atoms in total. The molecule has 3 heteroatoms. The minimum atomic E-state index is 0.539. The Morgan fingerprint density at radius 3 is 2.94 bits per heavy atom. The van der Waals surface area contributed by atoms with Crippen LogP contribution in [-0.2, 0) is 0 Å². The molecule has 2 rings (SSSR count). The Kier molecular flexibility index (Phi) is 3.87. The summed E-state index contributed by atoms with van der Waals surface area (Å²) in [7, 11) is 1.67. The summed E-state index contributed by atoms with van der Waals surface area (Å²) in [5.74, 6) is 2.19. The standard InChI is InChI=1S/C14H22N2O/c1-10-6-4-7-12(11(10)2)16-13-8-5-9-15-14(13)17-3/h5,8-12,16H,4,6-7H2,1-3H3. The fraction of sp³-hybridized carbons (Fsp3) is 0.643. The van der Waals surface area contributed by atoms with Gasteiger partial charge < -0.3 is 10.1 Å². The maximum Gasteiger partial charge on any atom is 0.237 e. The van der Waals surface area contributed by atoms with E-state index in [1.807, 2.05) is 12.1 Å². The zero-order valence-electron chi connectivity index (χ0n) is 10.9. The SMILES string of the molecule is COc1ncccc1NC1CCCC(C)C1C. The van der Waals surface area contributed by atoms with E-state index in [-0.39, 0.29) is 0 Å². The summed E-state index contributed by atoms with van der Waals surface area (Å²) in [5, 5.41) is 3.59. The molecular weight excluding hydrogens is 212 g/mol. The van der Waals surface area contributed by atoms with Crippen molar-refractivity contribution in [3.8, 4) is 5.88 Å². The van der Waals surface area contributed by atoms with Crippen molar-refractivity contribution in [2.45, 2.75) is 39.2 Å². The van der Waals surface area contributed by atoms with Gasteiger partial charge in [0.15, 0.2) is 0 Å². The van der Waals surface area contributed by atoms with Crippen LogP contribution < -0.4 is 10.1 Å². The maximum atomic E-state index is 5.28. The fourth-order valence-corrected chi connectivity index (χ4v) is 2.65. The molecule has 1 aromatic rings. The quantitative estimate of drug-likeness (QED) is 0.871. The molecule has 1 N–H and O–H groups in total. The second-order valence-corrected chi connectivity index (χ2v) is 5.08. The van der Waals surface area contributed by atoms with E-state index in [2.05, 4.69) is 24.1 Å². The van der Waals surface area contributed by atoms with E-state index in [0.717, 1.165) is 11.6 Å². The molecule has 3 unspecified atom stereocenters. The van der Waals surface area contributed by atoms with Crippen LogP contribution in [-0.4, -0.2) is 18.1 Å². The van der Waals surface area contributed by atoms with Crippen LogP contribution in [0.3, 0.4) is 0 Å². The third kappa shape index (κ3) is 2.71. The number of ether oxygens (including phenoxy) is 1. The minimum Gasteiger partial charge on any atom is -0.480 e. The summed E-state index contributed by atoms with van der Waals surface area (Å²) < 4.78 is 5.28. The van der Waals surface area contributed by atoms with Crippen LogP contribution in [0, 0.1) is 11.8 Å². The Balaban J connectivity index is 2.09. The highest BCUT2D eigenvalue weighted by atomic mass is 16.5. The van der Waals surface area contributed by atoms with Gasteiger partial charge in [0.1, 0.15) is 0 Å². The number of nitrogens with one attached hydrogen (secondary N) is 1. The van der Waals surface area contributed by atoms with Crippen molar-refractivity contribution in [3.05, 3.63) is 18.3 Å². The number of anilines is 1. The van der Waals surface area contributed by atoms with Gasteiger partial charge in [-0.05, 0) is 30.4 Å². The summed E-state index contributed by atoms with van der Waals surface area (Å²) in [4.78, 5) is 4.22. The molecule has 1 saturated carbocycles. The highest BCUT2D eigenvalue weighted by Crippen LogP contribution is 2.33. The average Bonchev–Trinajstić information content (AvgIpc) is 2.35. The van der Waals surface area contributed by atoms with Gasteiger partial charge in [-0.25, -0.2) is 4.98 Å². The fourth-order valence-electron chi connectivity index (χ4n) is 2.65. The first-order valence-corrected chi connectivity index (χ1v) is 6.48. The molecular formula is C14H22N2O. The number of nitrogens with zero attached hydrogens (tertiary/aromatic N) is 1. The molecule has 0 bridgehead atoms. The summed E-state index contributed by atoms with van der Waals surface area (Å²) in [6, 6.07) is 4.52. The van der Waals surface area contributed by atoms with E-state index < -0.39 is 0 Å². The lowest BCUT2D eigenvalue weighted by molar-refractivity contribution is 0.252. The largest absolute Gasteiger partial charge is 0.480 e. The van der Waals surface area contributed by atoms with Gasteiger partial charge in [-0.3, -0.25) is 0 Å². The summed E-state index contributed by atoms with van der Waals surface area (Å²) in [6.07, 6.45) is 5.66. The number of rotatable bonds is 3. The van der Waals surface area contributed by atoms with Crippen molar-refractivity contribution in [2.24, 2.45) is 11.8 Å². The molecule has 0 aromatic carbocycles. The van der Waals surface area contributed by atoms with Crippen LogP contribution in [0.4, 0.5) is 5.69 Å². The van der Waals surface area contributed by atoms with E-state index in [0.29, 0.717) is 17.8 Å². The number of methoxy groups -OCH3 is 1. The lowest BCUT2D eigenvalue weighted by Gasteiger charge is -2.35. The molecule has 17 heavy (non-hydrogen) atoms. The van der Waals surface area contributed by atoms with E-state index in [4.69, 9.17) is 4.74 Å².